The highest BCUT2D eigenvalue weighted by Gasteiger charge is 2.07. The molecule has 19 heavy (non-hydrogen) atoms. The fourth-order valence-electron chi connectivity index (χ4n) is 1.69. The molecule has 0 amide bonds. The third-order valence-corrected chi connectivity index (χ3v) is 3.14. The normalized spacial score (nSPS) is 10.3. The van der Waals surface area contributed by atoms with Crippen LogP contribution in [0.2, 0.25) is 10.0 Å². The van der Waals surface area contributed by atoms with E-state index in [0.717, 1.165) is 5.56 Å². The Labute approximate surface area is 121 Å². The number of aryl methyl sites for hydroxylation is 1. The first-order valence-electron chi connectivity index (χ1n) is 5.55. The van der Waals surface area contributed by atoms with Crippen LogP contribution in [0.1, 0.15) is 11.1 Å². The van der Waals surface area contributed by atoms with Crippen molar-refractivity contribution in [2.24, 2.45) is 5.73 Å². The zero-order valence-electron chi connectivity index (χ0n) is 10.2. The molecule has 0 aliphatic rings. The molecule has 2 aromatic carbocycles. The standard InChI is InChI=1S/C14H12Cl2N2O/c1-8-6-10(3-4-11(8)14(17)18)19-13-5-2-9(15)7-12(13)16/h2-7H,1H3,(H3,17,18). The maximum atomic E-state index is 7.43. The Bertz CT molecular complexity index is 641. The van der Waals surface area contributed by atoms with Crippen LogP contribution in [0.4, 0.5) is 0 Å². The molecule has 0 aliphatic heterocycles. The molecule has 0 saturated heterocycles. The quantitative estimate of drug-likeness (QED) is 0.652. The van der Waals surface area contributed by atoms with Crippen molar-refractivity contribution in [3.8, 4) is 11.5 Å². The highest BCUT2D eigenvalue weighted by molar-refractivity contribution is 6.35. The van der Waals surface area contributed by atoms with Gasteiger partial charge >= 0.3 is 0 Å². The second-order valence-corrected chi connectivity index (χ2v) is 4.91. The Morgan fingerprint density at radius 2 is 1.89 bits per heavy atom. The summed E-state index contributed by atoms with van der Waals surface area (Å²) in [7, 11) is 0. The first-order valence-corrected chi connectivity index (χ1v) is 6.31. The summed E-state index contributed by atoms with van der Waals surface area (Å²) in [4.78, 5) is 0. The fourth-order valence-corrected chi connectivity index (χ4v) is 2.13. The van der Waals surface area contributed by atoms with Gasteiger partial charge < -0.3 is 10.5 Å². The highest BCUT2D eigenvalue weighted by Crippen LogP contribution is 2.32. The van der Waals surface area contributed by atoms with E-state index in [-0.39, 0.29) is 5.84 Å². The Morgan fingerprint density at radius 1 is 1.16 bits per heavy atom. The summed E-state index contributed by atoms with van der Waals surface area (Å²) in [6, 6.07) is 10.3. The molecular weight excluding hydrogens is 283 g/mol. The van der Waals surface area contributed by atoms with Crippen molar-refractivity contribution >= 4 is 29.0 Å². The highest BCUT2D eigenvalue weighted by atomic mass is 35.5. The lowest BCUT2D eigenvalue weighted by Gasteiger charge is -2.10. The van der Waals surface area contributed by atoms with Gasteiger partial charge in [-0.15, -0.1) is 0 Å². The molecule has 0 unspecified atom stereocenters. The maximum Gasteiger partial charge on any atom is 0.146 e. The maximum absolute atomic E-state index is 7.43. The predicted octanol–water partition coefficient (Wildman–Crippen LogP) is 4.38. The molecule has 0 radical (unpaired) electrons. The van der Waals surface area contributed by atoms with Crippen molar-refractivity contribution in [3.63, 3.8) is 0 Å². The molecule has 0 spiro atoms. The average Bonchev–Trinajstić information content (AvgIpc) is 2.32. The molecule has 0 aliphatic carbocycles. The van der Waals surface area contributed by atoms with Gasteiger partial charge in [0.05, 0.1) is 5.02 Å². The molecular formula is C14H12Cl2N2O. The van der Waals surface area contributed by atoms with Gasteiger partial charge in [-0.1, -0.05) is 23.2 Å². The number of ether oxygens (including phenoxy) is 1. The minimum absolute atomic E-state index is 0.0357. The van der Waals surface area contributed by atoms with Crippen LogP contribution in [0.3, 0.4) is 0 Å². The molecule has 2 rings (SSSR count). The van der Waals surface area contributed by atoms with E-state index in [9.17, 15) is 0 Å². The minimum Gasteiger partial charge on any atom is -0.456 e. The SMILES string of the molecule is Cc1cc(Oc2ccc(Cl)cc2Cl)ccc1C(=N)N. The van der Waals surface area contributed by atoms with Gasteiger partial charge in [-0.3, -0.25) is 5.41 Å². The summed E-state index contributed by atoms with van der Waals surface area (Å²) in [5, 5.41) is 8.43. The second-order valence-electron chi connectivity index (χ2n) is 4.07. The van der Waals surface area contributed by atoms with Crippen LogP contribution in [-0.2, 0) is 0 Å². The smallest absolute Gasteiger partial charge is 0.146 e. The molecule has 5 heteroatoms. The largest absolute Gasteiger partial charge is 0.456 e. The Balaban J connectivity index is 2.29. The number of hydrogen-bond acceptors (Lipinski definition) is 2. The number of rotatable bonds is 3. The molecule has 0 bridgehead atoms. The summed E-state index contributed by atoms with van der Waals surface area (Å²) in [5.41, 5.74) is 7.02. The zero-order valence-corrected chi connectivity index (χ0v) is 11.7. The van der Waals surface area contributed by atoms with Crippen molar-refractivity contribution in [1.29, 1.82) is 5.41 Å². The zero-order chi connectivity index (χ0) is 14.0. The first-order chi connectivity index (χ1) is 8.97. The van der Waals surface area contributed by atoms with Gasteiger partial charge in [0.1, 0.15) is 17.3 Å². The van der Waals surface area contributed by atoms with Crippen LogP contribution >= 0.6 is 23.2 Å². The van der Waals surface area contributed by atoms with Crippen LogP contribution in [0, 0.1) is 12.3 Å². The molecule has 2 aromatic rings. The summed E-state index contributed by atoms with van der Waals surface area (Å²) < 4.78 is 5.68. The van der Waals surface area contributed by atoms with Crippen molar-refractivity contribution < 1.29 is 4.74 Å². The molecule has 3 N–H and O–H groups in total. The van der Waals surface area contributed by atoms with Gasteiger partial charge in [0.25, 0.3) is 0 Å². The molecule has 0 fully saturated rings. The number of amidine groups is 1. The van der Waals surface area contributed by atoms with Gasteiger partial charge in [-0.05, 0) is 48.9 Å². The summed E-state index contributed by atoms with van der Waals surface area (Å²) in [5.74, 6) is 1.20. The molecule has 0 aromatic heterocycles. The van der Waals surface area contributed by atoms with Gasteiger partial charge in [-0.2, -0.15) is 0 Å². The van der Waals surface area contributed by atoms with Crippen LogP contribution in [0.15, 0.2) is 36.4 Å². The molecule has 0 atom stereocenters. The second kappa shape index (κ2) is 5.51. The van der Waals surface area contributed by atoms with Crippen molar-refractivity contribution in [3.05, 3.63) is 57.6 Å². The Morgan fingerprint density at radius 3 is 2.47 bits per heavy atom. The molecule has 0 saturated carbocycles. The van der Waals surface area contributed by atoms with Crippen molar-refractivity contribution in [1.82, 2.24) is 0 Å². The van der Waals surface area contributed by atoms with Crippen molar-refractivity contribution in [2.75, 3.05) is 0 Å². The van der Waals surface area contributed by atoms with E-state index in [2.05, 4.69) is 0 Å². The third kappa shape index (κ3) is 3.19. The van der Waals surface area contributed by atoms with Crippen LogP contribution in [0.25, 0.3) is 0 Å². The lowest BCUT2D eigenvalue weighted by molar-refractivity contribution is 0.482. The van der Waals surface area contributed by atoms with Crippen LogP contribution < -0.4 is 10.5 Å². The van der Waals surface area contributed by atoms with E-state index < -0.39 is 0 Å². The lowest BCUT2D eigenvalue weighted by Crippen LogP contribution is -2.12. The topological polar surface area (TPSA) is 59.1 Å². The number of benzene rings is 2. The third-order valence-electron chi connectivity index (χ3n) is 2.61. The molecule has 0 heterocycles. The van der Waals surface area contributed by atoms with Gasteiger partial charge in [0.15, 0.2) is 0 Å². The lowest BCUT2D eigenvalue weighted by atomic mass is 10.1. The Kier molecular flexibility index (Phi) is 3.98. The summed E-state index contributed by atoms with van der Waals surface area (Å²) in [6.07, 6.45) is 0. The van der Waals surface area contributed by atoms with Crippen LogP contribution in [-0.4, -0.2) is 5.84 Å². The Hall–Kier alpha value is -1.71. The number of nitrogen functional groups attached to an aromatic ring is 1. The van der Waals surface area contributed by atoms with Gasteiger partial charge in [-0.25, -0.2) is 0 Å². The van der Waals surface area contributed by atoms with E-state index in [1.807, 2.05) is 13.0 Å². The number of nitrogens with one attached hydrogen (secondary N) is 1. The van der Waals surface area contributed by atoms with Crippen molar-refractivity contribution in [2.45, 2.75) is 6.92 Å². The van der Waals surface area contributed by atoms with E-state index in [4.69, 9.17) is 39.1 Å². The van der Waals surface area contributed by atoms with E-state index >= 15 is 0 Å². The number of halogens is 2. The number of hydrogen-bond donors (Lipinski definition) is 2. The van der Waals surface area contributed by atoms with Crippen LogP contribution in [0.5, 0.6) is 11.5 Å². The van der Waals surface area contributed by atoms with Gasteiger partial charge in [0.2, 0.25) is 0 Å². The molecule has 98 valence electrons. The van der Waals surface area contributed by atoms with E-state index in [1.165, 1.54) is 0 Å². The summed E-state index contributed by atoms with van der Waals surface area (Å²) in [6.45, 7) is 1.87. The van der Waals surface area contributed by atoms with Gasteiger partial charge in [0, 0.05) is 10.6 Å². The first kappa shape index (κ1) is 13.7. The average molecular weight is 295 g/mol. The van der Waals surface area contributed by atoms with E-state index in [0.29, 0.717) is 27.1 Å². The predicted molar refractivity (Wildman–Crippen MR) is 78.7 cm³/mol. The molecule has 3 nitrogen and oxygen atoms in total. The van der Waals surface area contributed by atoms with E-state index in [1.54, 1.807) is 30.3 Å². The fraction of sp³-hybridized carbons (Fsp3) is 0.0714. The minimum atomic E-state index is 0.0357. The monoisotopic (exact) mass is 294 g/mol. The summed E-state index contributed by atoms with van der Waals surface area (Å²) >= 11 is 11.9. The number of nitrogens with two attached hydrogens (primary N) is 1.